The van der Waals surface area contributed by atoms with E-state index in [0.717, 1.165) is 39.9 Å². The summed E-state index contributed by atoms with van der Waals surface area (Å²) in [5, 5.41) is 3.16. The van der Waals surface area contributed by atoms with Gasteiger partial charge in [0, 0.05) is 45.5 Å². The average molecular weight is 353 g/mol. The molecule has 1 aliphatic carbocycles. The van der Waals surface area contributed by atoms with E-state index in [4.69, 9.17) is 5.73 Å². The highest BCUT2D eigenvalue weighted by Gasteiger charge is 2.29. The van der Waals surface area contributed by atoms with Crippen molar-refractivity contribution in [3.8, 4) is 0 Å². The largest absolute Gasteiger partial charge is 0.357 e. The Bertz CT molecular complexity index is 911. The number of aromatic nitrogens is 1. The molecule has 0 bridgehead atoms. The second kappa shape index (κ2) is 6.41. The molecule has 0 fully saturated rings. The number of carbonyl (C=O) groups excluding carboxylic acids is 1. The Kier molecular flexibility index (Phi) is 4.23. The van der Waals surface area contributed by atoms with Crippen LogP contribution in [-0.4, -0.2) is 35.8 Å². The molecule has 130 valence electrons. The zero-order valence-corrected chi connectivity index (χ0v) is 15.4. The zero-order chi connectivity index (χ0) is 17.6. The SMILES string of the molecule is CN(C)C1Cc2c([nH]c3ccc(C(=O)Cc4cccs4)cc23)C(N)C1. The van der Waals surface area contributed by atoms with Gasteiger partial charge in [-0.05, 0) is 62.1 Å². The van der Waals surface area contributed by atoms with Gasteiger partial charge in [0.05, 0.1) is 0 Å². The quantitative estimate of drug-likeness (QED) is 0.705. The summed E-state index contributed by atoms with van der Waals surface area (Å²) in [6.45, 7) is 0. The second-order valence-corrected chi connectivity index (χ2v) is 8.15. The first-order valence-corrected chi connectivity index (χ1v) is 9.53. The molecule has 4 nitrogen and oxygen atoms in total. The fraction of sp³-hybridized carbons (Fsp3) is 0.350. The maximum absolute atomic E-state index is 12.6. The van der Waals surface area contributed by atoms with Gasteiger partial charge in [-0.2, -0.15) is 0 Å². The third kappa shape index (κ3) is 3.03. The van der Waals surface area contributed by atoms with Crippen LogP contribution in [0.15, 0.2) is 35.7 Å². The molecule has 5 heteroatoms. The highest BCUT2D eigenvalue weighted by molar-refractivity contribution is 7.10. The number of carbonyl (C=O) groups is 1. The highest BCUT2D eigenvalue weighted by Crippen LogP contribution is 2.35. The molecule has 25 heavy (non-hydrogen) atoms. The number of ketones is 1. The van der Waals surface area contributed by atoms with Crippen molar-refractivity contribution < 1.29 is 4.79 Å². The first-order valence-electron chi connectivity index (χ1n) is 8.65. The zero-order valence-electron chi connectivity index (χ0n) is 14.6. The van der Waals surface area contributed by atoms with E-state index in [9.17, 15) is 4.79 Å². The van der Waals surface area contributed by atoms with Gasteiger partial charge in [-0.25, -0.2) is 0 Å². The molecule has 2 unspecified atom stereocenters. The maximum Gasteiger partial charge on any atom is 0.168 e. The molecular weight excluding hydrogens is 330 g/mol. The van der Waals surface area contributed by atoms with E-state index in [2.05, 4.69) is 24.0 Å². The molecule has 3 N–H and O–H groups in total. The molecule has 3 aromatic rings. The van der Waals surface area contributed by atoms with Gasteiger partial charge in [0.25, 0.3) is 0 Å². The van der Waals surface area contributed by atoms with Crippen LogP contribution >= 0.6 is 11.3 Å². The first-order chi connectivity index (χ1) is 12.0. The molecule has 0 saturated carbocycles. The fourth-order valence-electron chi connectivity index (χ4n) is 3.78. The lowest BCUT2D eigenvalue weighted by atomic mass is 9.87. The van der Waals surface area contributed by atoms with Gasteiger partial charge in [-0.1, -0.05) is 6.07 Å². The van der Waals surface area contributed by atoms with Crippen LogP contribution in [0.5, 0.6) is 0 Å². The molecule has 2 atom stereocenters. The van der Waals surface area contributed by atoms with Gasteiger partial charge in [-0.3, -0.25) is 4.79 Å². The Labute approximate surface area is 151 Å². The van der Waals surface area contributed by atoms with Crippen LogP contribution in [0.25, 0.3) is 10.9 Å². The van der Waals surface area contributed by atoms with Crippen molar-refractivity contribution in [1.29, 1.82) is 0 Å². The van der Waals surface area contributed by atoms with Crippen LogP contribution in [0.4, 0.5) is 0 Å². The summed E-state index contributed by atoms with van der Waals surface area (Å²) in [4.78, 5) is 19.5. The molecule has 1 aromatic carbocycles. The number of rotatable bonds is 4. The van der Waals surface area contributed by atoms with E-state index in [1.165, 1.54) is 5.56 Å². The third-order valence-corrected chi connectivity index (χ3v) is 6.12. The highest BCUT2D eigenvalue weighted by atomic mass is 32.1. The number of likely N-dealkylation sites (N-methyl/N-ethyl adjacent to an activating group) is 1. The van der Waals surface area contributed by atoms with Crippen molar-refractivity contribution in [2.24, 2.45) is 5.73 Å². The summed E-state index contributed by atoms with van der Waals surface area (Å²) in [6.07, 6.45) is 2.39. The number of nitrogens with one attached hydrogen (secondary N) is 1. The van der Waals surface area contributed by atoms with Crippen molar-refractivity contribution in [2.45, 2.75) is 31.3 Å². The molecular formula is C20H23N3OS. The normalized spacial score (nSPS) is 20.2. The summed E-state index contributed by atoms with van der Waals surface area (Å²) in [7, 11) is 4.21. The first kappa shape index (κ1) is 16.5. The number of H-pyrrole nitrogens is 1. The van der Waals surface area contributed by atoms with Gasteiger partial charge in [0.15, 0.2) is 5.78 Å². The van der Waals surface area contributed by atoms with E-state index in [-0.39, 0.29) is 11.8 Å². The minimum absolute atomic E-state index is 0.0221. The summed E-state index contributed by atoms with van der Waals surface area (Å²) in [5.74, 6) is 0.170. The molecule has 0 aliphatic heterocycles. The fourth-order valence-corrected chi connectivity index (χ4v) is 4.48. The number of fused-ring (bicyclic) bond motifs is 3. The van der Waals surface area contributed by atoms with E-state index < -0.39 is 0 Å². The van der Waals surface area contributed by atoms with E-state index >= 15 is 0 Å². The summed E-state index contributed by atoms with van der Waals surface area (Å²) in [6, 6.07) is 10.5. The van der Waals surface area contributed by atoms with Crippen molar-refractivity contribution in [1.82, 2.24) is 9.88 Å². The minimum Gasteiger partial charge on any atom is -0.357 e. The number of aromatic amines is 1. The summed E-state index contributed by atoms with van der Waals surface area (Å²) >= 11 is 1.63. The molecule has 4 rings (SSSR count). The van der Waals surface area contributed by atoms with Gasteiger partial charge >= 0.3 is 0 Å². The Morgan fingerprint density at radius 3 is 2.92 bits per heavy atom. The smallest absolute Gasteiger partial charge is 0.168 e. The predicted molar refractivity (Wildman–Crippen MR) is 103 cm³/mol. The number of hydrogen-bond acceptors (Lipinski definition) is 4. The minimum atomic E-state index is 0.0221. The lowest BCUT2D eigenvalue weighted by Crippen LogP contribution is -2.37. The molecule has 2 heterocycles. The Balaban J connectivity index is 1.71. The van der Waals surface area contributed by atoms with Crippen molar-refractivity contribution in [2.75, 3.05) is 14.1 Å². The standard InChI is InChI=1S/C20H23N3OS/c1-23(2)13-9-16-15-8-12(19(24)11-14-4-3-7-25-14)5-6-18(15)22-20(16)17(21)10-13/h3-8,13,17,22H,9-11,21H2,1-2H3. The van der Waals surface area contributed by atoms with Gasteiger partial charge in [-0.15, -0.1) is 11.3 Å². The number of thiophene rings is 1. The van der Waals surface area contributed by atoms with Crippen molar-refractivity contribution in [3.05, 3.63) is 57.4 Å². The number of Topliss-reactive ketones (excluding diaryl/α,β-unsaturated/α-hetero) is 1. The predicted octanol–water partition coefficient (Wildman–Crippen LogP) is 3.53. The van der Waals surface area contributed by atoms with Crippen molar-refractivity contribution >= 4 is 28.0 Å². The van der Waals surface area contributed by atoms with E-state index in [1.54, 1.807) is 11.3 Å². The Morgan fingerprint density at radius 2 is 2.20 bits per heavy atom. The van der Waals surface area contributed by atoms with E-state index in [1.807, 2.05) is 35.7 Å². The van der Waals surface area contributed by atoms with Gasteiger partial charge in [0.2, 0.25) is 0 Å². The molecule has 0 saturated heterocycles. The molecule has 0 spiro atoms. The average Bonchev–Trinajstić information content (AvgIpc) is 3.22. The lowest BCUT2D eigenvalue weighted by Gasteiger charge is -2.31. The van der Waals surface area contributed by atoms with Crippen LogP contribution in [0.1, 0.15) is 39.0 Å². The van der Waals surface area contributed by atoms with Gasteiger partial charge in [0.1, 0.15) is 0 Å². The second-order valence-electron chi connectivity index (χ2n) is 7.12. The number of nitrogens with two attached hydrogens (primary N) is 1. The summed E-state index contributed by atoms with van der Waals surface area (Å²) < 4.78 is 0. The van der Waals surface area contributed by atoms with Crippen LogP contribution in [-0.2, 0) is 12.8 Å². The Hall–Kier alpha value is -1.95. The molecule has 0 radical (unpaired) electrons. The Morgan fingerprint density at radius 1 is 1.36 bits per heavy atom. The van der Waals surface area contributed by atoms with E-state index in [0.29, 0.717) is 12.5 Å². The third-order valence-electron chi connectivity index (χ3n) is 5.24. The van der Waals surface area contributed by atoms with Crippen molar-refractivity contribution in [3.63, 3.8) is 0 Å². The lowest BCUT2D eigenvalue weighted by molar-refractivity contribution is 0.0994. The molecule has 1 aliphatic rings. The van der Waals surface area contributed by atoms with Crippen LogP contribution < -0.4 is 5.73 Å². The molecule has 0 amide bonds. The number of hydrogen-bond donors (Lipinski definition) is 2. The monoisotopic (exact) mass is 353 g/mol. The number of benzene rings is 1. The number of nitrogens with zero attached hydrogens (tertiary/aromatic N) is 1. The van der Waals surface area contributed by atoms with Crippen LogP contribution in [0.3, 0.4) is 0 Å². The maximum atomic E-state index is 12.6. The molecule has 2 aromatic heterocycles. The van der Waals surface area contributed by atoms with Gasteiger partial charge < -0.3 is 15.6 Å². The van der Waals surface area contributed by atoms with Crippen LogP contribution in [0, 0.1) is 0 Å². The topological polar surface area (TPSA) is 62.1 Å². The summed E-state index contributed by atoms with van der Waals surface area (Å²) in [5.41, 5.74) is 10.7. The van der Waals surface area contributed by atoms with Crippen LogP contribution in [0.2, 0.25) is 0 Å².